The summed E-state index contributed by atoms with van der Waals surface area (Å²) in [7, 11) is 0. The van der Waals surface area contributed by atoms with E-state index in [1.165, 1.54) is 10.5 Å². The fourth-order valence-corrected chi connectivity index (χ4v) is 3.52. The van der Waals surface area contributed by atoms with E-state index >= 15 is 0 Å². The minimum absolute atomic E-state index is 0.466. The lowest BCUT2D eigenvalue weighted by Crippen LogP contribution is -2.13. The van der Waals surface area contributed by atoms with Crippen molar-refractivity contribution < 1.29 is 4.74 Å². The van der Waals surface area contributed by atoms with Crippen LogP contribution in [0.5, 0.6) is 5.75 Å². The van der Waals surface area contributed by atoms with E-state index in [1.807, 2.05) is 17.8 Å². The topological polar surface area (TPSA) is 35.2 Å². The third kappa shape index (κ3) is 2.82. The number of nitrogen functional groups attached to an aromatic ring is 1. The van der Waals surface area contributed by atoms with Gasteiger partial charge in [0.25, 0.3) is 0 Å². The van der Waals surface area contributed by atoms with Crippen LogP contribution >= 0.6 is 23.4 Å². The van der Waals surface area contributed by atoms with E-state index in [4.69, 9.17) is 22.1 Å². The molecule has 2 nitrogen and oxygen atoms in total. The highest BCUT2D eigenvalue weighted by atomic mass is 35.5. The summed E-state index contributed by atoms with van der Waals surface area (Å²) in [5.41, 5.74) is 7.67. The van der Waals surface area contributed by atoms with Gasteiger partial charge in [-0.15, -0.1) is 11.8 Å². The van der Waals surface area contributed by atoms with Gasteiger partial charge in [0.2, 0.25) is 0 Å². The van der Waals surface area contributed by atoms with Crippen LogP contribution in [0, 0.1) is 0 Å². The maximum absolute atomic E-state index is 5.97. The molecule has 19 heavy (non-hydrogen) atoms. The summed E-state index contributed by atoms with van der Waals surface area (Å²) in [6.07, 6.45) is 1.06. The molecule has 4 heteroatoms. The van der Waals surface area contributed by atoms with Gasteiger partial charge in [-0.05, 0) is 30.2 Å². The van der Waals surface area contributed by atoms with Crippen LogP contribution in [0.4, 0.5) is 5.69 Å². The molecule has 0 aromatic heterocycles. The second-order valence-corrected chi connectivity index (χ2v) is 6.30. The molecule has 0 saturated heterocycles. The number of hydrogen-bond acceptors (Lipinski definition) is 3. The fraction of sp³-hybridized carbons (Fsp3) is 0.200. The Bertz CT molecular complexity index is 577. The maximum atomic E-state index is 5.97. The smallest absolute Gasteiger partial charge is 0.120 e. The lowest BCUT2D eigenvalue weighted by atomic mass is 10.1. The largest absolute Gasteiger partial charge is 0.492 e. The van der Waals surface area contributed by atoms with Gasteiger partial charge >= 0.3 is 0 Å². The van der Waals surface area contributed by atoms with Gasteiger partial charge in [0, 0.05) is 16.2 Å². The normalized spacial score (nSPS) is 17.2. The summed E-state index contributed by atoms with van der Waals surface area (Å²) < 4.78 is 5.80. The second kappa shape index (κ2) is 5.35. The molecule has 0 fully saturated rings. The first-order valence-corrected chi connectivity index (χ1v) is 7.40. The number of rotatable bonds is 3. The summed E-state index contributed by atoms with van der Waals surface area (Å²) in [5.74, 6) is 0.774. The molecule has 1 atom stereocenters. The Kier molecular flexibility index (Phi) is 3.58. The predicted molar refractivity (Wildman–Crippen MR) is 81.2 cm³/mol. The Morgan fingerprint density at radius 1 is 1.26 bits per heavy atom. The molecule has 2 aromatic rings. The van der Waals surface area contributed by atoms with Crippen molar-refractivity contribution in [1.29, 1.82) is 0 Å². The number of ether oxygens (including phenoxy) is 1. The molecule has 1 aliphatic rings. The average molecular weight is 292 g/mol. The van der Waals surface area contributed by atoms with Gasteiger partial charge < -0.3 is 10.5 Å². The molecule has 0 amide bonds. The van der Waals surface area contributed by atoms with Crippen molar-refractivity contribution in [3.63, 3.8) is 0 Å². The van der Waals surface area contributed by atoms with Crippen molar-refractivity contribution in [2.45, 2.75) is 16.6 Å². The van der Waals surface area contributed by atoms with Crippen LogP contribution in [-0.2, 0) is 6.42 Å². The molecule has 3 rings (SSSR count). The van der Waals surface area contributed by atoms with Gasteiger partial charge in [-0.2, -0.15) is 0 Å². The SMILES string of the molecule is Nc1ccc(OCC2Cc3ccccc3S2)cc1Cl. The molecule has 0 aliphatic carbocycles. The number of benzene rings is 2. The number of nitrogens with two attached hydrogens (primary N) is 1. The molecule has 1 heterocycles. The van der Waals surface area contributed by atoms with Crippen LogP contribution in [0.3, 0.4) is 0 Å². The summed E-state index contributed by atoms with van der Waals surface area (Å²) in [6, 6.07) is 13.9. The summed E-state index contributed by atoms with van der Waals surface area (Å²) in [6.45, 7) is 0.680. The molecule has 0 radical (unpaired) electrons. The summed E-state index contributed by atoms with van der Waals surface area (Å²) >= 11 is 7.85. The lowest BCUT2D eigenvalue weighted by molar-refractivity contribution is 0.317. The Morgan fingerprint density at radius 3 is 2.89 bits per heavy atom. The fourth-order valence-electron chi connectivity index (χ4n) is 2.13. The molecule has 2 N–H and O–H groups in total. The van der Waals surface area contributed by atoms with E-state index in [0.717, 1.165) is 12.2 Å². The molecule has 1 aliphatic heterocycles. The van der Waals surface area contributed by atoms with Crippen molar-refractivity contribution in [2.75, 3.05) is 12.3 Å². The standard InChI is InChI=1S/C15H14ClNOS/c16-13-8-11(5-6-14(13)17)18-9-12-7-10-3-1-2-4-15(10)19-12/h1-6,8,12H,7,9,17H2. The van der Waals surface area contributed by atoms with Crippen LogP contribution in [0.15, 0.2) is 47.4 Å². The Labute approximate surface area is 121 Å². The zero-order valence-corrected chi connectivity index (χ0v) is 11.9. The number of fused-ring (bicyclic) bond motifs is 1. The molecule has 1 unspecified atom stereocenters. The van der Waals surface area contributed by atoms with Crippen LogP contribution in [-0.4, -0.2) is 11.9 Å². The van der Waals surface area contributed by atoms with E-state index in [0.29, 0.717) is 22.6 Å². The summed E-state index contributed by atoms with van der Waals surface area (Å²) in [5, 5.41) is 1.01. The maximum Gasteiger partial charge on any atom is 0.120 e. The number of halogens is 1. The molecule has 0 saturated carbocycles. The average Bonchev–Trinajstić information content (AvgIpc) is 2.83. The zero-order chi connectivity index (χ0) is 13.2. The highest BCUT2D eigenvalue weighted by Gasteiger charge is 2.22. The predicted octanol–water partition coefficient (Wildman–Crippen LogP) is 4.02. The minimum atomic E-state index is 0.466. The van der Waals surface area contributed by atoms with Gasteiger partial charge in [0.05, 0.1) is 10.7 Å². The van der Waals surface area contributed by atoms with Crippen molar-refractivity contribution in [2.24, 2.45) is 0 Å². The van der Waals surface area contributed by atoms with Gasteiger partial charge in [0.1, 0.15) is 12.4 Å². The Morgan fingerprint density at radius 2 is 2.11 bits per heavy atom. The third-order valence-electron chi connectivity index (χ3n) is 3.12. The Hall–Kier alpha value is -1.32. The highest BCUT2D eigenvalue weighted by molar-refractivity contribution is 8.00. The summed E-state index contributed by atoms with van der Waals surface area (Å²) in [4.78, 5) is 1.37. The molecule has 0 bridgehead atoms. The van der Waals surface area contributed by atoms with Crippen molar-refractivity contribution >= 4 is 29.1 Å². The van der Waals surface area contributed by atoms with Crippen molar-refractivity contribution in [1.82, 2.24) is 0 Å². The van der Waals surface area contributed by atoms with Gasteiger partial charge in [-0.3, -0.25) is 0 Å². The third-order valence-corrected chi connectivity index (χ3v) is 4.74. The lowest BCUT2D eigenvalue weighted by Gasteiger charge is -2.11. The minimum Gasteiger partial charge on any atom is -0.492 e. The van der Waals surface area contributed by atoms with Gasteiger partial charge in [-0.25, -0.2) is 0 Å². The van der Waals surface area contributed by atoms with Crippen LogP contribution in [0.2, 0.25) is 5.02 Å². The number of hydrogen-bond donors (Lipinski definition) is 1. The second-order valence-electron chi connectivity index (χ2n) is 4.55. The van der Waals surface area contributed by atoms with E-state index < -0.39 is 0 Å². The van der Waals surface area contributed by atoms with Crippen LogP contribution in [0.25, 0.3) is 0 Å². The first-order chi connectivity index (χ1) is 9.22. The first kappa shape index (κ1) is 12.7. The van der Waals surface area contributed by atoms with Crippen molar-refractivity contribution in [3.8, 4) is 5.75 Å². The van der Waals surface area contributed by atoms with Gasteiger partial charge in [0.15, 0.2) is 0 Å². The zero-order valence-electron chi connectivity index (χ0n) is 10.3. The quantitative estimate of drug-likeness (QED) is 0.868. The van der Waals surface area contributed by atoms with Crippen molar-refractivity contribution in [3.05, 3.63) is 53.1 Å². The Balaban J connectivity index is 1.61. The molecule has 0 spiro atoms. The molecule has 2 aromatic carbocycles. The number of thioether (sulfide) groups is 1. The molecular weight excluding hydrogens is 278 g/mol. The van der Waals surface area contributed by atoms with E-state index in [1.54, 1.807) is 12.1 Å². The van der Waals surface area contributed by atoms with E-state index in [2.05, 4.69) is 24.3 Å². The molecule has 98 valence electrons. The molecular formula is C15H14ClNOS. The highest BCUT2D eigenvalue weighted by Crippen LogP contribution is 2.37. The van der Waals surface area contributed by atoms with Crippen LogP contribution in [0.1, 0.15) is 5.56 Å². The van der Waals surface area contributed by atoms with Gasteiger partial charge in [-0.1, -0.05) is 29.8 Å². The number of anilines is 1. The monoisotopic (exact) mass is 291 g/mol. The van der Waals surface area contributed by atoms with E-state index in [9.17, 15) is 0 Å². The van der Waals surface area contributed by atoms with E-state index in [-0.39, 0.29) is 0 Å². The first-order valence-electron chi connectivity index (χ1n) is 6.15. The van der Waals surface area contributed by atoms with Crippen LogP contribution < -0.4 is 10.5 Å².